The molecule has 0 aromatic heterocycles. The molecular weight excluding hydrogens is 481 g/mol. The number of benzene rings is 4. The van der Waals surface area contributed by atoms with Crippen molar-refractivity contribution < 1.29 is 15.8 Å². The Kier molecular flexibility index (Phi) is 7.44. The Bertz CT molecular complexity index is 830. The van der Waals surface area contributed by atoms with E-state index in [0.29, 0.717) is 0 Å². The van der Waals surface area contributed by atoms with Crippen LogP contribution in [0.15, 0.2) is 121 Å². The second-order valence-electron chi connectivity index (χ2n) is 6.34. The summed E-state index contributed by atoms with van der Waals surface area (Å²) in [6.45, 7) is 2.42. The predicted octanol–water partition coefficient (Wildman–Crippen LogP) is 6.14. The van der Waals surface area contributed by atoms with Gasteiger partial charge < -0.3 is 0 Å². The average molecular weight is 506 g/mol. The van der Waals surface area contributed by atoms with Crippen LogP contribution < -0.4 is 21.2 Å². The Morgan fingerprint density at radius 2 is 0.690 bits per heavy atom. The molecule has 0 spiro atoms. The molecule has 0 unspecified atom stereocenters. The van der Waals surface area contributed by atoms with Crippen LogP contribution in [0, 0.1) is 0 Å². The fourth-order valence-electron chi connectivity index (χ4n) is 3.14. The fourth-order valence-corrected chi connectivity index (χ4v) is 26.3. The van der Waals surface area contributed by atoms with Gasteiger partial charge in [-0.1, -0.05) is 0 Å². The van der Waals surface area contributed by atoms with E-state index in [-0.39, 0.29) is 12.2 Å². The van der Waals surface area contributed by atoms with Crippen molar-refractivity contribution in [3.63, 3.8) is 0 Å². The fraction of sp³-hybridized carbons (Fsp3) is 0.0769. The molecule has 4 rings (SSSR count). The summed E-state index contributed by atoms with van der Waals surface area (Å²) in [7, 11) is 0. The number of hydrogen-bond donors (Lipinski definition) is 0. The van der Waals surface area contributed by atoms with E-state index >= 15 is 0 Å². The summed E-state index contributed by atoms with van der Waals surface area (Å²) in [5.74, 6) is 0. The van der Waals surface area contributed by atoms with Crippen LogP contribution in [0.3, 0.4) is 0 Å². The molecule has 0 saturated heterocycles. The molecule has 0 aliphatic rings. The summed E-state index contributed by atoms with van der Waals surface area (Å²) < 4.78 is 0. The summed E-state index contributed by atoms with van der Waals surface area (Å²) in [6.07, 6.45) is -0.711. The van der Waals surface area contributed by atoms with Gasteiger partial charge in [0.1, 0.15) is 0 Å². The average Bonchev–Trinajstić information content (AvgIpc) is 2.81. The molecule has 29 heavy (non-hydrogen) atoms. The van der Waals surface area contributed by atoms with Crippen molar-refractivity contribution in [2.24, 2.45) is 0 Å². The van der Waals surface area contributed by atoms with Crippen LogP contribution in [0.2, 0.25) is 4.89 Å². The van der Waals surface area contributed by atoms with E-state index in [1.54, 1.807) is 0 Å². The molecule has 0 N–H and O–H groups in total. The normalized spacial score (nSPS) is 11.6. The standard InChI is InChI=1S/2C12H10P.C2H5.Pd/c2*1-3-7-11(8-4-1)13-12-9-5-2-6-10-12;1-2;/h2*1-10H;1H2,2H3;/q2*-1;;+2. The summed E-state index contributed by atoms with van der Waals surface area (Å²) in [4.78, 5) is 1.27. The first kappa shape index (κ1) is 20.7. The molecule has 4 aromatic rings. The maximum absolute atomic E-state index is 2.42. The van der Waals surface area contributed by atoms with Crippen molar-refractivity contribution in [2.75, 3.05) is 0 Å². The Hall–Kier alpha value is -1.60. The zero-order chi connectivity index (χ0) is 19.9. The van der Waals surface area contributed by atoms with Crippen LogP contribution in [0.1, 0.15) is 6.92 Å². The predicted molar refractivity (Wildman–Crippen MR) is 129 cm³/mol. The van der Waals surface area contributed by atoms with Crippen molar-refractivity contribution >= 4 is 33.4 Å². The molecular formula is C26H25P2Pd. The van der Waals surface area contributed by atoms with Gasteiger partial charge in [0.25, 0.3) is 0 Å². The quantitative estimate of drug-likeness (QED) is 0.209. The third-order valence-corrected chi connectivity index (χ3v) is 25.4. The van der Waals surface area contributed by atoms with Crippen molar-refractivity contribution in [3.05, 3.63) is 121 Å². The first-order valence-electron chi connectivity index (χ1n) is 9.75. The molecule has 4 aromatic carbocycles. The second-order valence-corrected chi connectivity index (χ2v) is 21.3. The van der Waals surface area contributed by atoms with Crippen LogP contribution in [0.4, 0.5) is 0 Å². The van der Waals surface area contributed by atoms with Crippen molar-refractivity contribution in [3.8, 4) is 0 Å². The molecule has 0 aliphatic carbocycles. The zero-order valence-corrected chi connectivity index (χ0v) is 19.8. The van der Waals surface area contributed by atoms with Gasteiger partial charge in [0.2, 0.25) is 0 Å². The molecule has 0 bridgehead atoms. The Labute approximate surface area is 181 Å². The van der Waals surface area contributed by atoms with Gasteiger partial charge in [-0.3, -0.25) is 0 Å². The van der Waals surface area contributed by atoms with Crippen LogP contribution in [-0.4, -0.2) is 0 Å². The third-order valence-electron chi connectivity index (χ3n) is 4.39. The van der Waals surface area contributed by atoms with Crippen molar-refractivity contribution in [1.82, 2.24) is 0 Å². The van der Waals surface area contributed by atoms with Gasteiger partial charge in [-0.05, 0) is 0 Å². The van der Waals surface area contributed by atoms with Crippen molar-refractivity contribution in [2.45, 2.75) is 11.8 Å². The minimum absolute atomic E-state index is 0.356. The van der Waals surface area contributed by atoms with Gasteiger partial charge >= 0.3 is 182 Å². The van der Waals surface area contributed by atoms with E-state index < -0.39 is 15.8 Å². The van der Waals surface area contributed by atoms with E-state index in [4.69, 9.17) is 0 Å². The molecule has 0 heterocycles. The summed E-state index contributed by atoms with van der Waals surface area (Å²) in [6, 6.07) is 45.0. The van der Waals surface area contributed by atoms with Gasteiger partial charge in [0, 0.05) is 0 Å². The van der Waals surface area contributed by atoms with E-state index in [0.717, 1.165) is 0 Å². The summed E-state index contributed by atoms with van der Waals surface area (Å²) >= 11 is -0.932. The summed E-state index contributed by atoms with van der Waals surface area (Å²) in [5.41, 5.74) is 0. The van der Waals surface area contributed by atoms with Crippen LogP contribution in [0.25, 0.3) is 0 Å². The van der Waals surface area contributed by atoms with E-state index in [2.05, 4.69) is 128 Å². The zero-order valence-electron chi connectivity index (χ0n) is 16.5. The van der Waals surface area contributed by atoms with Gasteiger partial charge in [-0.15, -0.1) is 0 Å². The Balaban J connectivity index is 1.88. The van der Waals surface area contributed by atoms with Crippen LogP contribution in [0.5, 0.6) is 0 Å². The van der Waals surface area contributed by atoms with Gasteiger partial charge in [0.15, 0.2) is 0 Å². The van der Waals surface area contributed by atoms with Crippen LogP contribution >= 0.6 is 12.2 Å². The molecule has 0 atom stereocenters. The van der Waals surface area contributed by atoms with E-state index in [1.165, 1.54) is 26.1 Å². The van der Waals surface area contributed by atoms with E-state index in [9.17, 15) is 0 Å². The molecule has 0 saturated carbocycles. The van der Waals surface area contributed by atoms with Crippen LogP contribution in [-0.2, 0) is 15.8 Å². The Morgan fingerprint density at radius 3 is 0.897 bits per heavy atom. The van der Waals surface area contributed by atoms with Gasteiger partial charge in [-0.25, -0.2) is 0 Å². The summed E-state index contributed by atoms with van der Waals surface area (Å²) in [5, 5.41) is 6.10. The molecule has 0 amide bonds. The topological polar surface area (TPSA) is 0 Å². The molecule has 0 radical (unpaired) electrons. The molecule has 149 valence electrons. The molecule has 0 nitrogen and oxygen atoms in total. The molecule has 0 aliphatic heterocycles. The SMILES string of the molecule is C[CH2][Pd]([P](c1ccccc1)c1ccccc1)[P](c1ccccc1)c1ccccc1. The first-order chi connectivity index (χ1) is 14.4. The maximum atomic E-state index is 2.42. The molecule has 3 heteroatoms. The van der Waals surface area contributed by atoms with Gasteiger partial charge in [-0.2, -0.15) is 0 Å². The van der Waals surface area contributed by atoms with E-state index in [1.807, 2.05) is 0 Å². The number of hydrogen-bond acceptors (Lipinski definition) is 0. The van der Waals surface area contributed by atoms with Gasteiger partial charge in [0.05, 0.1) is 0 Å². The minimum atomic E-state index is -0.932. The monoisotopic (exact) mass is 505 g/mol. The van der Waals surface area contributed by atoms with Crippen molar-refractivity contribution in [1.29, 1.82) is 0 Å². The third kappa shape index (κ3) is 4.94. The first-order valence-corrected chi connectivity index (χ1v) is 17.4. The molecule has 0 fully saturated rings. The number of rotatable bonds is 7. The Morgan fingerprint density at radius 1 is 0.448 bits per heavy atom. The second kappa shape index (κ2) is 10.4.